The van der Waals surface area contributed by atoms with Gasteiger partial charge in [0.05, 0.1) is 11.2 Å². The van der Waals surface area contributed by atoms with E-state index in [1.54, 1.807) is 0 Å². The van der Waals surface area contributed by atoms with Crippen LogP contribution in [0.2, 0.25) is 0 Å². The summed E-state index contributed by atoms with van der Waals surface area (Å²) in [6.07, 6.45) is 6.44. The van der Waals surface area contributed by atoms with Crippen molar-refractivity contribution in [2.24, 2.45) is 16.7 Å². The lowest BCUT2D eigenvalue weighted by Crippen LogP contribution is -2.42. The molecule has 2 atom stereocenters. The van der Waals surface area contributed by atoms with Crippen molar-refractivity contribution in [1.29, 1.82) is 0 Å². The molecule has 0 spiro atoms. The van der Waals surface area contributed by atoms with Crippen molar-refractivity contribution in [2.75, 3.05) is 5.75 Å². The molecule has 39 heavy (non-hydrogen) atoms. The molecule has 0 aromatic heterocycles. The van der Waals surface area contributed by atoms with Gasteiger partial charge in [-0.15, -0.1) is 0 Å². The molecule has 208 valence electrons. The third-order valence-electron chi connectivity index (χ3n) is 9.24. The molecule has 2 unspecified atom stereocenters. The summed E-state index contributed by atoms with van der Waals surface area (Å²) in [4.78, 5) is 15.7. The number of hydrogen-bond acceptors (Lipinski definition) is 4. The third kappa shape index (κ3) is 5.00. The maximum absolute atomic E-state index is 14.2. The van der Waals surface area contributed by atoms with Gasteiger partial charge in [-0.05, 0) is 89.3 Å². The van der Waals surface area contributed by atoms with Crippen molar-refractivity contribution >= 4 is 26.2 Å². The molecule has 2 bridgehead atoms. The van der Waals surface area contributed by atoms with Crippen molar-refractivity contribution in [3.63, 3.8) is 0 Å². The topological polar surface area (TPSA) is 60.4 Å². The molecule has 3 aromatic rings. The van der Waals surface area contributed by atoms with E-state index in [-0.39, 0.29) is 22.9 Å². The molecule has 0 heterocycles. The van der Waals surface area contributed by atoms with E-state index >= 15 is 0 Å². The van der Waals surface area contributed by atoms with Crippen LogP contribution in [-0.2, 0) is 25.0 Å². The van der Waals surface area contributed by atoms with Crippen molar-refractivity contribution < 1.29 is 16.8 Å². The van der Waals surface area contributed by atoms with E-state index in [1.165, 1.54) is 18.4 Å². The minimum atomic E-state index is -4.13. The fraction of sp³-hybridized carbons (Fsp3) is 0.424. The smallest absolute Gasteiger partial charge is 0.278 e. The summed E-state index contributed by atoms with van der Waals surface area (Å²) in [5.41, 5.74) is -0.0188. The molecule has 2 aliphatic rings. The Bertz CT molecular complexity index is 1360. The number of rotatable bonds is 11. The van der Waals surface area contributed by atoms with Gasteiger partial charge in [-0.3, -0.25) is 4.79 Å². The first-order valence-electron chi connectivity index (χ1n) is 14.1. The van der Waals surface area contributed by atoms with Crippen LogP contribution in [0.5, 0.6) is 0 Å². The van der Waals surface area contributed by atoms with Crippen LogP contribution >= 0.6 is 10.3 Å². The normalized spacial score (nSPS) is 22.7. The zero-order valence-corrected chi connectivity index (χ0v) is 24.9. The van der Waals surface area contributed by atoms with Crippen LogP contribution in [0, 0.1) is 16.7 Å². The number of carbonyl (C=O) groups is 1. The Kier molecular flexibility index (Phi) is 7.84. The molecule has 2 aliphatic carbocycles. The maximum atomic E-state index is 14.2. The summed E-state index contributed by atoms with van der Waals surface area (Å²) >= 11 is 0. The molecular weight excluding hydrogens is 524 g/mol. The average Bonchev–Trinajstić information content (AvgIpc) is 3.27. The van der Waals surface area contributed by atoms with Gasteiger partial charge in [0, 0.05) is 21.1 Å². The standard InChI is InChI=1S/C33H40O4S2/c1-4-5-8-13-26-18-20-30(21-19-26)39(28-14-9-6-10-15-28,29-16-11-7-12-17-29)37-38(35,36)25-33-23-22-27(24-31(33)34)32(33,2)3/h6-7,9-12,14-21,27H,4-5,8,13,22-25H2,1-3H3. The molecule has 0 N–H and O–H groups in total. The first kappa shape index (κ1) is 28.1. The Labute approximate surface area is 235 Å². The predicted octanol–water partition coefficient (Wildman–Crippen LogP) is 8.36. The van der Waals surface area contributed by atoms with E-state index < -0.39 is 25.8 Å². The quantitative estimate of drug-likeness (QED) is 0.220. The molecule has 0 aliphatic heterocycles. The lowest BCUT2D eigenvalue weighted by molar-refractivity contribution is -0.128. The zero-order chi connectivity index (χ0) is 27.7. The van der Waals surface area contributed by atoms with Crippen molar-refractivity contribution in [3.05, 3.63) is 90.5 Å². The molecule has 0 radical (unpaired) electrons. The fourth-order valence-electron chi connectivity index (χ4n) is 6.77. The van der Waals surface area contributed by atoms with Crippen LogP contribution in [-0.4, -0.2) is 20.0 Å². The van der Waals surface area contributed by atoms with Crippen molar-refractivity contribution in [3.8, 4) is 0 Å². The number of benzene rings is 3. The highest BCUT2D eigenvalue weighted by atomic mass is 32.3. The number of fused-ring (bicyclic) bond motifs is 2. The lowest BCUT2D eigenvalue weighted by atomic mass is 9.70. The number of ketones is 1. The summed E-state index contributed by atoms with van der Waals surface area (Å²) in [5, 5.41) is 0. The molecule has 6 heteroatoms. The number of carbonyl (C=O) groups excluding carboxylic acids is 1. The minimum absolute atomic E-state index is 0.0763. The van der Waals surface area contributed by atoms with Gasteiger partial charge in [-0.25, -0.2) is 3.63 Å². The first-order valence-corrected chi connectivity index (χ1v) is 17.3. The van der Waals surface area contributed by atoms with Gasteiger partial charge in [-0.2, -0.15) is 8.42 Å². The van der Waals surface area contributed by atoms with Gasteiger partial charge in [0.1, 0.15) is 5.78 Å². The lowest BCUT2D eigenvalue weighted by Gasteiger charge is -2.41. The number of Topliss-reactive ketones (excluding diaryl/α,β-unsaturated/α-hetero) is 1. The predicted molar refractivity (Wildman–Crippen MR) is 158 cm³/mol. The van der Waals surface area contributed by atoms with Crippen molar-refractivity contribution in [2.45, 2.75) is 80.4 Å². The highest BCUT2D eigenvalue weighted by Gasteiger charge is 2.65. The van der Waals surface area contributed by atoms with E-state index in [1.807, 2.05) is 72.8 Å². The largest absolute Gasteiger partial charge is 0.299 e. The molecule has 2 fully saturated rings. The Morgan fingerprint density at radius 2 is 1.38 bits per heavy atom. The second-order valence-electron chi connectivity index (χ2n) is 11.7. The first-order chi connectivity index (χ1) is 18.6. The summed E-state index contributed by atoms with van der Waals surface area (Å²) < 4.78 is 35.0. The van der Waals surface area contributed by atoms with Crippen LogP contribution in [0.25, 0.3) is 0 Å². The summed E-state index contributed by atoms with van der Waals surface area (Å²) in [5.74, 6) is 0.0412. The minimum Gasteiger partial charge on any atom is -0.299 e. The Morgan fingerprint density at radius 3 is 1.87 bits per heavy atom. The second kappa shape index (κ2) is 10.9. The molecule has 2 saturated carbocycles. The van der Waals surface area contributed by atoms with Crippen LogP contribution in [0.3, 0.4) is 0 Å². The third-order valence-corrected chi connectivity index (χ3v) is 14.5. The number of unbranched alkanes of at least 4 members (excludes halogenated alkanes) is 2. The van der Waals surface area contributed by atoms with Gasteiger partial charge in [0.15, 0.2) is 0 Å². The summed E-state index contributed by atoms with van der Waals surface area (Å²) in [7, 11) is -6.78. The van der Waals surface area contributed by atoms with Crippen LogP contribution < -0.4 is 0 Å². The van der Waals surface area contributed by atoms with E-state index in [2.05, 4.69) is 32.9 Å². The molecule has 4 nitrogen and oxygen atoms in total. The van der Waals surface area contributed by atoms with Crippen LogP contribution in [0.1, 0.15) is 64.9 Å². The van der Waals surface area contributed by atoms with Crippen molar-refractivity contribution in [1.82, 2.24) is 0 Å². The monoisotopic (exact) mass is 564 g/mol. The summed E-state index contributed by atoms with van der Waals surface area (Å²) in [6.45, 7) is 6.33. The van der Waals surface area contributed by atoms with E-state index in [4.69, 9.17) is 3.63 Å². The Morgan fingerprint density at radius 1 is 0.821 bits per heavy atom. The van der Waals surface area contributed by atoms with Gasteiger partial charge >= 0.3 is 0 Å². The van der Waals surface area contributed by atoms with Gasteiger partial charge in [0.2, 0.25) is 0 Å². The Hall–Kier alpha value is -2.41. The van der Waals surface area contributed by atoms with Crippen LogP contribution in [0.15, 0.2) is 99.6 Å². The number of hydrogen-bond donors (Lipinski definition) is 0. The molecule has 0 amide bonds. The van der Waals surface area contributed by atoms with E-state index in [0.717, 1.165) is 33.9 Å². The molecule has 0 saturated heterocycles. The Balaban J connectivity index is 1.62. The van der Waals surface area contributed by atoms with Gasteiger partial charge in [0.25, 0.3) is 10.1 Å². The highest BCUT2D eigenvalue weighted by molar-refractivity contribution is 8.33. The number of aryl methyl sites for hydroxylation is 1. The molecular formula is C33H40O4S2. The maximum Gasteiger partial charge on any atom is 0.278 e. The summed E-state index contributed by atoms with van der Waals surface area (Å²) in [6, 6.07) is 27.7. The fourth-order valence-corrected chi connectivity index (χ4v) is 12.8. The molecule has 5 rings (SSSR count). The SMILES string of the molecule is CCCCCc1ccc(S(OS(=O)(=O)CC23CCC(CC2=O)C3(C)C)(c2ccccc2)c2ccccc2)cc1. The molecule has 3 aromatic carbocycles. The van der Waals surface area contributed by atoms with E-state index in [0.29, 0.717) is 12.8 Å². The van der Waals surface area contributed by atoms with E-state index in [9.17, 15) is 13.2 Å². The second-order valence-corrected chi connectivity index (χ2v) is 16.2. The average molecular weight is 565 g/mol. The zero-order valence-electron chi connectivity index (χ0n) is 23.3. The highest BCUT2D eigenvalue weighted by Crippen LogP contribution is 2.71. The van der Waals surface area contributed by atoms with Crippen LogP contribution in [0.4, 0.5) is 0 Å². The van der Waals surface area contributed by atoms with Gasteiger partial charge in [-0.1, -0.05) is 82.1 Å². The van der Waals surface area contributed by atoms with Gasteiger partial charge < -0.3 is 0 Å².